The van der Waals surface area contributed by atoms with Crippen LogP contribution in [0.5, 0.6) is 0 Å². The lowest BCUT2D eigenvalue weighted by atomic mass is 10.2. The number of rotatable bonds is 2. The van der Waals surface area contributed by atoms with Gasteiger partial charge in [0.2, 0.25) is 0 Å². The molecule has 1 aliphatic heterocycles. The topological polar surface area (TPSA) is 105 Å². The Morgan fingerprint density at radius 3 is 2.78 bits per heavy atom. The van der Waals surface area contributed by atoms with Gasteiger partial charge in [-0.2, -0.15) is 0 Å². The number of nitrogens with zero attached hydrogens (tertiary/aromatic N) is 1. The zero-order valence-corrected chi connectivity index (χ0v) is 10.3. The van der Waals surface area contributed by atoms with Gasteiger partial charge in [0.1, 0.15) is 12.2 Å². The lowest BCUT2D eigenvalue weighted by Gasteiger charge is -2.14. The number of ether oxygens (including phenoxy) is 1. The molecule has 7 nitrogen and oxygen atoms in total. The molecule has 0 unspecified atom stereocenters. The van der Waals surface area contributed by atoms with E-state index in [1.54, 1.807) is 0 Å². The first-order valence-electron chi connectivity index (χ1n) is 5.26. The summed E-state index contributed by atoms with van der Waals surface area (Å²) in [6.07, 6.45) is -1.63. The molecule has 3 N–H and O–H groups in total. The van der Waals surface area contributed by atoms with E-state index < -0.39 is 36.3 Å². The van der Waals surface area contributed by atoms with Crippen LogP contribution < -0.4 is 11.2 Å². The third kappa shape index (κ3) is 2.03. The molecule has 0 aliphatic carbocycles. The van der Waals surface area contributed by atoms with E-state index in [2.05, 4.69) is 4.98 Å². The second-order valence-electron chi connectivity index (χ2n) is 4.04. The number of hydrogen-bond acceptors (Lipinski definition) is 6. The summed E-state index contributed by atoms with van der Waals surface area (Å²) < 4.78 is 6.39. The molecule has 0 saturated carbocycles. The quantitative estimate of drug-likeness (QED) is 0.564. The molecular formula is C10H12N2O5S. The molecule has 3 atom stereocenters. The van der Waals surface area contributed by atoms with Gasteiger partial charge in [0, 0.05) is 11.8 Å². The van der Waals surface area contributed by atoms with E-state index in [1.165, 1.54) is 13.1 Å². The maximum absolute atomic E-state index is 11.7. The highest BCUT2D eigenvalue weighted by atomic mass is 32.1. The van der Waals surface area contributed by atoms with Crippen LogP contribution in [0.1, 0.15) is 11.8 Å². The van der Waals surface area contributed by atoms with Crippen LogP contribution in [0, 0.1) is 6.92 Å². The van der Waals surface area contributed by atoms with Crippen molar-refractivity contribution in [1.82, 2.24) is 9.55 Å². The second-order valence-corrected chi connectivity index (χ2v) is 4.51. The van der Waals surface area contributed by atoms with E-state index >= 15 is 0 Å². The number of aromatic amines is 1. The SMILES string of the molecule is Cc1cn([C@@H]2O[C@H](CO)[C@@H](O)C2=S)c(=O)[nH]c1=O. The number of aliphatic hydroxyl groups is 2. The summed E-state index contributed by atoms with van der Waals surface area (Å²) in [4.78, 5) is 25.1. The third-order valence-corrected chi connectivity index (χ3v) is 3.21. The average molecular weight is 272 g/mol. The molecule has 2 heterocycles. The van der Waals surface area contributed by atoms with E-state index in [0.717, 1.165) is 4.57 Å². The van der Waals surface area contributed by atoms with Crippen LogP contribution in [0.15, 0.2) is 15.8 Å². The lowest BCUT2D eigenvalue weighted by Crippen LogP contribution is -2.35. The number of H-pyrrole nitrogens is 1. The molecule has 1 fully saturated rings. The van der Waals surface area contributed by atoms with E-state index in [1.807, 2.05) is 0 Å². The summed E-state index contributed by atoms with van der Waals surface area (Å²) in [5.41, 5.74) is -0.842. The van der Waals surface area contributed by atoms with Crippen molar-refractivity contribution in [2.45, 2.75) is 25.4 Å². The standard InChI is InChI=1S/C10H12N2O5S/c1-4-2-12(10(16)11-8(4)15)9-7(18)6(14)5(3-13)17-9/h2,5-6,9,13-14H,3H2,1H3,(H,11,15,16)/t5-,6-,9-/m1/s1. The summed E-state index contributed by atoms with van der Waals surface area (Å²) in [7, 11) is 0. The van der Waals surface area contributed by atoms with Gasteiger partial charge in [0.25, 0.3) is 5.56 Å². The molecule has 0 amide bonds. The zero-order chi connectivity index (χ0) is 13.4. The van der Waals surface area contributed by atoms with Crippen LogP contribution in [0.25, 0.3) is 0 Å². The van der Waals surface area contributed by atoms with Crippen molar-refractivity contribution in [3.8, 4) is 0 Å². The minimum atomic E-state index is -1.12. The van der Waals surface area contributed by atoms with Gasteiger partial charge in [-0.3, -0.25) is 14.3 Å². The third-order valence-electron chi connectivity index (χ3n) is 2.77. The van der Waals surface area contributed by atoms with Crippen LogP contribution in [-0.4, -0.2) is 43.4 Å². The van der Waals surface area contributed by atoms with Gasteiger partial charge in [-0.1, -0.05) is 12.2 Å². The van der Waals surface area contributed by atoms with Gasteiger partial charge in [-0.05, 0) is 6.92 Å². The highest BCUT2D eigenvalue weighted by molar-refractivity contribution is 7.80. The first-order valence-corrected chi connectivity index (χ1v) is 5.66. The Morgan fingerprint density at radius 2 is 2.22 bits per heavy atom. The fraction of sp³-hybridized carbons (Fsp3) is 0.500. The minimum absolute atomic E-state index is 0.0996. The fourth-order valence-electron chi connectivity index (χ4n) is 1.74. The molecular weight excluding hydrogens is 260 g/mol. The number of thiocarbonyl (C=S) groups is 1. The van der Waals surface area contributed by atoms with Gasteiger partial charge in [-0.25, -0.2) is 4.79 Å². The van der Waals surface area contributed by atoms with Crippen molar-refractivity contribution >= 4 is 17.1 Å². The molecule has 98 valence electrons. The summed E-state index contributed by atoms with van der Waals surface area (Å²) in [6.45, 7) is 1.13. The first kappa shape index (κ1) is 13.1. The van der Waals surface area contributed by atoms with Crippen LogP contribution in [-0.2, 0) is 4.74 Å². The van der Waals surface area contributed by atoms with E-state index in [4.69, 9.17) is 22.1 Å². The molecule has 8 heteroatoms. The molecule has 1 aromatic heterocycles. The number of hydrogen-bond donors (Lipinski definition) is 3. The highest BCUT2D eigenvalue weighted by Crippen LogP contribution is 2.25. The Balaban J connectivity index is 2.45. The second kappa shape index (κ2) is 4.73. The zero-order valence-electron chi connectivity index (χ0n) is 9.49. The highest BCUT2D eigenvalue weighted by Gasteiger charge is 2.40. The molecule has 2 rings (SSSR count). The van der Waals surface area contributed by atoms with Crippen LogP contribution in [0.4, 0.5) is 0 Å². The molecule has 0 spiro atoms. The van der Waals surface area contributed by atoms with E-state index in [-0.39, 0.29) is 4.86 Å². The Hall–Kier alpha value is -1.35. The van der Waals surface area contributed by atoms with Gasteiger partial charge in [0.15, 0.2) is 6.23 Å². The van der Waals surface area contributed by atoms with Crippen LogP contribution in [0.2, 0.25) is 0 Å². The maximum Gasteiger partial charge on any atom is 0.330 e. The lowest BCUT2D eigenvalue weighted by molar-refractivity contribution is -0.0441. The number of nitrogens with one attached hydrogen (secondary N) is 1. The van der Waals surface area contributed by atoms with Crippen molar-refractivity contribution in [2.75, 3.05) is 6.61 Å². The molecule has 0 aromatic carbocycles. The molecule has 1 aliphatic rings. The van der Waals surface area contributed by atoms with Crippen molar-refractivity contribution in [2.24, 2.45) is 0 Å². The summed E-state index contributed by atoms with van der Waals surface area (Å²) in [5, 5.41) is 18.7. The smallest absolute Gasteiger partial charge is 0.330 e. The number of aliphatic hydroxyl groups excluding tert-OH is 2. The van der Waals surface area contributed by atoms with E-state index in [9.17, 15) is 14.7 Å². The molecule has 1 saturated heterocycles. The van der Waals surface area contributed by atoms with Gasteiger partial charge >= 0.3 is 5.69 Å². The summed E-state index contributed by atoms with van der Waals surface area (Å²) >= 11 is 4.99. The Kier molecular flexibility index (Phi) is 3.44. The van der Waals surface area contributed by atoms with Gasteiger partial charge < -0.3 is 14.9 Å². The molecule has 0 radical (unpaired) electrons. The Labute approximate surface area is 107 Å². The van der Waals surface area contributed by atoms with Crippen molar-refractivity contribution in [1.29, 1.82) is 0 Å². The fourth-order valence-corrected chi connectivity index (χ4v) is 2.06. The van der Waals surface area contributed by atoms with Crippen molar-refractivity contribution in [3.05, 3.63) is 32.6 Å². The monoisotopic (exact) mass is 272 g/mol. The first-order chi connectivity index (χ1) is 8.45. The average Bonchev–Trinajstić information content (AvgIpc) is 2.61. The van der Waals surface area contributed by atoms with Crippen molar-refractivity contribution < 1.29 is 14.9 Å². The molecule has 1 aromatic rings. The van der Waals surface area contributed by atoms with Crippen LogP contribution in [0.3, 0.4) is 0 Å². The van der Waals surface area contributed by atoms with Crippen molar-refractivity contribution in [3.63, 3.8) is 0 Å². The number of aromatic nitrogens is 2. The number of aryl methyl sites for hydroxylation is 1. The van der Waals surface area contributed by atoms with Crippen LogP contribution >= 0.6 is 12.2 Å². The summed E-state index contributed by atoms with van der Waals surface area (Å²) in [6, 6.07) is 0. The Bertz CT molecular complexity index is 593. The molecule has 18 heavy (non-hydrogen) atoms. The predicted molar refractivity (Wildman–Crippen MR) is 65.7 cm³/mol. The predicted octanol–water partition coefficient (Wildman–Crippen LogP) is -1.53. The minimum Gasteiger partial charge on any atom is -0.394 e. The largest absolute Gasteiger partial charge is 0.394 e. The normalized spacial score (nSPS) is 27.7. The van der Waals surface area contributed by atoms with E-state index in [0.29, 0.717) is 5.56 Å². The van der Waals surface area contributed by atoms with Gasteiger partial charge in [-0.15, -0.1) is 0 Å². The Morgan fingerprint density at radius 1 is 1.56 bits per heavy atom. The molecule has 0 bridgehead atoms. The van der Waals surface area contributed by atoms with Gasteiger partial charge in [0.05, 0.1) is 11.5 Å². The maximum atomic E-state index is 11.7. The summed E-state index contributed by atoms with van der Waals surface area (Å²) in [5.74, 6) is 0.